The van der Waals surface area contributed by atoms with Gasteiger partial charge in [0.25, 0.3) is 5.91 Å². The number of hydrogen-bond acceptors (Lipinski definition) is 5. The van der Waals surface area contributed by atoms with Gasteiger partial charge in [0.15, 0.2) is 0 Å². The molecular formula is C30H31F4N5O2. The summed E-state index contributed by atoms with van der Waals surface area (Å²) in [4.78, 5) is 23.9. The zero-order valence-electron chi connectivity index (χ0n) is 22.9. The van der Waals surface area contributed by atoms with Crippen LogP contribution in [-0.2, 0) is 19.9 Å². The van der Waals surface area contributed by atoms with E-state index in [-0.39, 0.29) is 17.7 Å². The van der Waals surface area contributed by atoms with Crippen LogP contribution in [-0.4, -0.2) is 45.8 Å². The van der Waals surface area contributed by atoms with Gasteiger partial charge in [-0.3, -0.25) is 4.79 Å². The van der Waals surface area contributed by atoms with Crippen molar-refractivity contribution < 1.29 is 27.1 Å². The van der Waals surface area contributed by atoms with Gasteiger partial charge in [-0.2, -0.15) is 27.7 Å². The van der Waals surface area contributed by atoms with E-state index in [2.05, 4.69) is 15.1 Å². The maximum absolute atomic E-state index is 14.7. The third-order valence-electron chi connectivity index (χ3n) is 8.29. The number of amidine groups is 1. The van der Waals surface area contributed by atoms with Crippen molar-refractivity contribution in [2.75, 3.05) is 18.1 Å². The van der Waals surface area contributed by atoms with Gasteiger partial charge in [-0.25, -0.2) is 9.67 Å². The van der Waals surface area contributed by atoms with Crippen LogP contribution in [0, 0.1) is 23.7 Å². The molecule has 6 rings (SSSR count). The molecule has 3 aliphatic rings. The molecular weight excluding hydrogens is 538 g/mol. The highest BCUT2D eigenvalue weighted by Crippen LogP contribution is 2.42. The number of ether oxygens (including phenoxy) is 1. The van der Waals surface area contributed by atoms with E-state index < -0.39 is 23.9 Å². The van der Waals surface area contributed by atoms with E-state index in [0.29, 0.717) is 54.3 Å². The van der Waals surface area contributed by atoms with E-state index >= 15 is 0 Å². The van der Waals surface area contributed by atoms with Crippen LogP contribution >= 0.6 is 0 Å². The van der Waals surface area contributed by atoms with Crippen LogP contribution in [0.25, 0.3) is 11.3 Å². The van der Waals surface area contributed by atoms with Gasteiger partial charge in [-0.15, -0.1) is 0 Å². The molecule has 2 bridgehead atoms. The number of pyridine rings is 1. The molecule has 0 N–H and O–H groups in total. The molecule has 1 aliphatic carbocycles. The molecule has 1 fully saturated rings. The Kier molecular flexibility index (Phi) is 7.07. The molecule has 0 spiro atoms. The van der Waals surface area contributed by atoms with Gasteiger partial charge in [-0.1, -0.05) is 19.1 Å². The van der Waals surface area contributed by atoms with Crippen molar-refractivity contribution in [1.29, 1.82) is 0 Å². The van der Waals surface area contributed by atoms with Crippen LogP contribution in [0.5, 0.6) is 5.88 Å². The summed E-state index contributed by atoms with van der Waals surface area (Å²) in [6.45, 7) is 2.25. The topological polar surface area (TPSA) is 72.6 Å². The zero-order valence-corrected chi connectivity index (χ0v) is 22.9. The average molecular weight is 570 g/mol. The molecule has 7 nitrogen and oxygen atoms in total. The van der Waals surface area contributed by atoms with Gasteiger partial charge in [0.2, 0.25) is 11.8 Å². The Hall–Kier alpha value is -3.76. The SMILES string of the molecule is C[C@H](Cc1ccc2c(c1)CC1=NC(=O)c3cc(F)nc(c3)-c3cnn(C)c3OCCC[C@@H](C3CC3)CN12)C(F)(F)F. The fourth-order valence-electron chi connectivity index (χ4n) is 5.85. The lowest BCUT2D eigenvalue weighted by atomic mass is 9.96. The number of carbonyl (C=O) groups excluding carboxylic acids is 1. The van der Waals surface area contributed by atoms with E-state index in [9.17, 15) is 22.4 Å². The van der Waals surface area contributed by atoms with E-state index in [1.807, 2.05) is 11.0 Å². The summed E-state index contributed by atoms with van der Waals surface area (Å²) in [5.41, 5.74) is 3.02. The summed E-state index contributed by atoms with van der Waals surface area (Å²) < 4.78 is 62.0. The van der Waals surface area contributed by atoms with Gasteiger partial charge < -0.3 is 9.64 Å². The molecule has 0 radical (unpaired) electrons. The number of aryl methyl sites for hydroxylation is 1. The largest absolute Gasteiger partial charge is 0.477 e. The summed E-state index contributed by atoms with van der Waals surface area (Å²) >= 11 is 0. The summed E-state index contributed by atoms with van der Waals surface area (Å²) in [6.07, 6.45) is 1.40. The predicted octanol–water partition coefficient (Wildman–Crippen LogP) is 6.16. The van der Waals surface area contributed by atoms with E-state index in [4.69, 9.17) is 4.74 Å². The zero-order chi connectivity index (χ0) is 28.9. The first-order chi connectivity index (χ1) is 19.6. The number of halogens is 4. The predicted molar refractivity (Wildman–Crippen MR) is 146 cm³/mol. The van der Waals surface area contributed by atoms with E-state index in [0.717, 1.165) is 43.0 Å². The summed E-state index contributed by atoms with van der Waals surface area (Å²) in [7, 11) is 1.73. The molecule has 41 heavy (non-hydrogen) atoms. The number of aromatic nitrogens is 3. The fraction of sp³-hybridized carbons (Fsp3) is 0.467. The number of hydrogen-bond donors (Lipinski definition) is 0. The summed E-state index contributed by atoms with van der Waals surface area (Å²) in [5.74, 6) is -1.06. The van der Waals surface area contributed by atoms with Gasteiger partial charge >= 0.3 is 6.18 Å². The van der Waals surface area contributed by atoms with Crippen molar-refractivity contribution in [3.63, 3.8) is 0 Å². The number of fused-ring (bicyclic) bond motifs is 7. The number of anilines is 1. The third-order valence-corrected chi connectivity index (χ3v) is 8.29. The molecule has 4 heterocycles. The van der Waals surface area contributed by atoms with Gasteiger partial charge in [-0.05, 0) is 67.2 Å². The quantitative estimate of drug-likeness (QED) is 0.279. The minimum absolute atomic E-state index is 0.0408. The monoisotopic (exact) mass is 569 g/mol. The van der Waals surface area contributed by atoms with E-state index in [1.54, 1.807) is 23.9 Å². The molecule has 2 aromatic heterocycles. The molecule has 1 saturated carbocycles. The minimum Gasteiger partial charge on any atom is -0.477 e. The second-order valence-electron chi connectivity index (χ2n) is 11.4. The normalized spacial score (nSPS) is 20.2. The van der Waals surface area contributed by atoms with Crippen molar-refractivity contribution in [3.8, 4) is 17.1 Å². The first-order valence-corrected chi connectivity index (χ1v) is 14.0. The van der Waals surface area contributed by atoms with Crippen molar-refractivity contribution in [2.24, 2.45) is 29.8 Å². The molecule has 3 aromatic rings. The van der Waals surface area contributed by atoms with Crippen molar-refractivity contribution in [2.45, 2.75) is 51.6 Å². The Morgan fingerprint density at radius 3 is 2.68 bits per heavy atom. The van der Waals surface area contributed by atoms with Crippen LogP contribution in [0.1, 0.15) is 54.1 Å². The van der Waals surface area contributed by atoms with Crippen LogP contribution in [0.2, 0.25) is 0 Å². The van der Waals surface area contributed by atoms with Crippen LogP contribution in [0.4, 0.5) is 23.2 Å². The maximum Gasteiger partial charge on any atom is 0.391 e. The number of aliphatic imine (C=N–C) groups is 1. The molecule has 0 unspecified atom stereocenters. The first kappa shape index (κ1) is 27.4. The summed E-state index contributed by atoms with van der Waals surface area (Å²) in [6, 6.07) is 7.91. The molecule has 2 aliphatic heterocycles. The van der Waals surface area contributed by atoms with Crippen LogP contribution < -0.4 is 9.64 Å². The van der Waals surface area contributed by atoms with Crippen molar-refractivity contribution >= 4 is 17.4 Å². The fourth-order valence-corrected chi connectivity index (χ4v) is 5.85. The molecule has 216 valence electrons. The standard InChI is InChI=1S/C30H31F4N5O2/c1-17(30(32,33)34)10-18-5-8-25-21(11-18)14-27-37-28(40)22-12-24(36-26(31)13-22)23-15-35-38(2)29(23)41-9-3-4-20(16-39(25)27)19-6-7-19/h5,8,11-13,15,17,19-20H,3-4,6-7,9-10,14,16H2,1-2H3/t17-,20-/m1/s1. The second kappa shape index (κ2) is 10.6. The number of carbonyl (C=O) groups is 1. The number of nitrogens with zero attached hydrogens (tertiary/aromatic N) is 5. The van der Waals surface area contributed by atoms with Gasteiger partial charge in [0.1, 0.15) is 5.84 Å². The highest BCUT2D eigenvalue weighted by atomic mass is 19.4. The lowest BCUT2D eigenvalue weighted by Crippen LogP contribution is -2.34. The Morgan fingerprint density at radius 2 is 1.93 bits per heavy atom. The van der Waals surface area contributed by atoms with Crippen LogP contribution in [0.15, 0.2) is 41.5 Å². The molecule has 1 amide bonds. The maximum atomic E-state index is 14.7. The van der Waals surface area contributed by atoms with E-state index in [1.165, 1.54) is 19.2 Å². The smallest absolute Gasteiger partial charge is 0.391 e. The van der Waals surface area contributed by atoms with Crippen molar-refractivity contribution in [1.82, 2.24) is 14.8 Å². The highest BCUT2D eigenvalue weighted by molar-refractivity contribution is 6.12. The molecule has 1 aromatic carbocycles. The Morgan fingerprint density at radius 1 is 1.12 bits per heavy atom. The number of alkyl halides is 3. The number of rotatable bonds is 3. The van der Waals surface area contributed by atoms with Crippen LogP contribution in [0.3, 0.4) is 0 Å². The number of amides is 1. The van der Waals surface area contributed by atoms with Gasteiger partial charge in [0, 0.05) is 37.3 Å². The highest BCUT2D eigenvalue weighted by Gasteiger charge is 2.38. The third kappa shape index (κ3) is 5.71. The Balaban J connectivity index is 1.39. The molecule has 0 saturated heterocycles. The average Bonchev–Trinajstić information content (AvgIpc) is 3.62. The van der Waals surface area contributed by atoms with Gasteiger partial charge in [0.05, 0.1) is 30.0 Å². The Labute approximate surface area is 235 Å². The Bertz CT molecular complexity index is 1510. The van der Waals surface area contributed by atoms with Crippen molar-refractivity contribution in [3.05, 3.63) is 59.2 Å². The number of benzene rings is 1. The lowest BCUT2D eigenvalue weighted by Gasteiger charge is -2.27. The second-order valence-corrected chi connectivity index (χ2v) is 11.4. The summed E-state index contributed by atoms with van der Waals surface area (Å²) in [5, 5.41) is 4.25. The first-order valence-electron chi connectivity index (χ1n) is 14.0. The molecule has 2 atom stereocenters. The lowest BCUT2D eigenvalue weighted by molar-refractivity contribution is -0.169. The minimum atomic E-state index is -4.27. The molecule has 11 heteroatoms.